The molecule has 2 unspecified atom stereocenters. The van der Waals surface area contributed by atoms with Gasteiger partial charge in [0.25, 0.3) is 0 Å². The number of carboxylic acid groups (broad SMARTS) is 1. The molecule has 0 spiro atoms. The largest absolute Gasteiger partial charge is 0.480 e. The summed E-state index contributed by atoms with van der Waals surface area (Å²) in [5.74, 6) is 0.0582. The van der Waals surface area contributed by atoms with Gasteiger partial charge >= 0.3 is 5.97 Å². The van der Waals surface area contributed by atoms with E-state index in [2.05, 4.69) is 0 Å². The average molecular weight is 196 g/mol. The predicted molar refractivity (Wildman–Crippen MR) is 50.8 cm³/mol. The lowest BCUT2D eigenvalue weighted by atomic mass is 9.81. The van der Waals surface area contributed by atoms with Gasteiger partial charge in [-0.3, -0.25) is 9.59 Å². The number of ketones is 1. The molecular formula is C11H16O3. The van der Waals surface area contributed by atoms with E-state index in [0.29, 0.717) is 31.1 Å². The summed E-state index contributed by atoms with van der Waals surface area (Å²) in [6, 6.07) is 0. The van der Waals surface area contributed by atoms with Crippen molar-refractivity contribution in [1.82, 2.24) is 0 Å². The maximum Gasteiger partial charge on any atom is 0.317 e. The molecule has 2 saturated carbocycles. The van der Waals surface area contributed by atoms with E-state index in [1.807, 2.05) is 0 Å². The molecule has 2 aliphatic rings. The van der Waals surface area contributed by atoms with Gasteiger partial charge < -0.3 is 5.11 Å². The Morgan fingerprint density at radius 1 is 1.50 bits per heavy atom. The van der Waals surface area contributed by atoms with Crippen LogP contribution in [0.3, 0.4) is 0 Å². The van der Waals surface area contributed by atoms with E-state index in [1.54, 1.807) is 6.92 Å². The van der Waals surface area contributed by atoms with Crippen molar-refractivity contribution in [3.05, 3.63) is 0 Å². The third kappa shape index (κ3) is 1.26. The molecular weight excluding hydrogens is 180 g/mol. The Hall–Kier alpha value is -0.860. The standard InChI is InChI=1S/C11H16O3/c1-2-11(10(13)14)6-8(5-9(11)12)7-3-4-7/h7-8H,2-6H2,1H3,(H,13,14). The Bertz CT molecular complexity index is 280. The monoisotopic (exact) mass is 196 g/mol. The quantitative estimate of drug-likeness (QED) is 0.701. The number of Topliss-reactive ketones (excluding diaryl/α,β-unsaturated/α-hetero) is 1. The SMILES string of the molecule is CCC1(C(=O)O)CC(C2CC2)CC1=O. The first kappa shape index (κ1) is 9.69. The number of aliphatic carboxylic acids is 1. The van der Waals surface area contributed by atoms with Crippen LogP contribution in [0.1, 0.15) is 39.0 Å². The topological polar surface area (TPSA) is 54.4 Å². The minimum absolute atomic E-state index is 0.0376. The second-order valence-electron chi connectivity index (χ2n) is 4.67. The Morgan fingerprint density at radius 2 is 2.14 bits per heavy atom. The van der Waals surface area contributed by atoms with Crippen LogP contribution >= 0.6 is 0 Å². The van der Waals surface area contributed by atoms with Crippen LogP contribution in [0, 0.1) is 17.3 Å². The summed E-state index contributed by atoms with van der Waals surface area (Å²) in [4.78, 5) is 22.9. The zero-order valence-electron chi connectivity index (χ0n) is 8.45. The molecule has 0 saturated heterocycles. The Balaban J connectivity index is 2.18. The van der Waals surface area contributed by atoms with Gasteiger partial charge in [-0.2, -0.15) is 0 Å². The number of hydrogen-bond acceptors (Lipinski definition) is 2. The zero-order valence-corrected chi connectivity index (χ0v) is 8.45. The minimum Gasteiger partial charge on any atom is -0.480 e. The normalized spacial score (nSPS) is 37.5. The van der Waals surface area contributed by atoms with Crippen LogP contribution in [0.2, 0.25) is 0 Å². The summed E-state index contributed by atoms with van der Waals surface area (Å²) in [6.45, 7) is 1.81. The lowest BCUT2D eigenvalue weighted by Crippen LogP contribution is -2.34. The van der Waals surface area contributed by atoms with Crippen molar-refractivity contribution in [2.45, 2.75) is 39.0 Å². The third-order valence-corrected chi connectivity index (χ3v) is 3.89. The molecule has 3 nitrogen and oxygen atoms in total. The van der Waals surface area contributed by atoms with Gasteiger partial charge in [-0.15, -0.1) is 0 Å². The van der Waals surface area contributed by atoms with Crippen LogP contribution in [0.15, 0.2) is 0 Å². The lowest BCUT2D eigenvalue weighted by Gasteiger charge is -2.20. The van der Waals surface area contributed by atoms with Crippen molar-refractivity contribution in [1.29, 1.82) is 0 Å². The van der Waals surface area contributed by atoms with E-state index in [1.165, 1.54) is 12.8 Å². The third-order valence-electron chi connectivity index (χ3n) is 3.89. The molecule has 0 heterocycles. The van der Waals surface area contributed by atoms with Crippen LogP contribution in [0.4, 0.5) is 0 Å². The lowest BCUT2D eigenvalue weighted by molar-refractivity contribution is -0.153. The van der Waals surface area contributed by atoms with Crippen LogP contribution in [0.5, 0.6) is 0 Å². The fourth-order valence-electron chi connectivity index (χ4n) is 2.67. The smallest absolute Gasteiger partial charge is 0.317 e. The molecule has 14 heavy (non-hydrogen) atoms. The molecule has 0 bridgehead atoms. The molecule has 2 rings (SSSR count). The molecule has 0 aromatic heterocycles. The van der Waals surface area contributed by atoms with E-state index in [0.717, 1.165) is 0 Å². The number of carbonyl (C=O) groups is 2. The van der Waals surface area contributed by atoms with Crippen molar-refractivity contribution >= 4 is 11.8 Å². The highest BCUT2D eigenvalue weighted by atomic mass is 16.4. The Morgan fingerprint density at radius 3 is 2.50 bits per heavy atom. The summed E-state index contributed by atoms with van der Waals surface area (Å²) < 4.78 is 0. The van der Waals surface area contributed by atoms with E-state index in [9.17, 15) is 9.59 Å². The van der Waals surface area contributed by atoms with E-state index >= 15 is 0 Å². The highest BCUT2D eigenvalue weighted by Gasteiger charge is 2.54. The highest BCUT2D eigenvalue weighted by Crippen LogP contribution is 2.51. The van der Waals surface area contributed by atoms with Gasteiger partial charge in [0.2, 0.25) is 0 Å². The van der Waals surface area contributed by atoms with Crippen LogP contribution in [0.25, 0.3) is 0 Å². The maximum absolute atomic E-state index is 11.7. The fourth-order valence-corrected chi connectivity index (χ4v) is 2.67. The Kier molecular flexibility index (Phi) is 2.13. The first-order valence-corrected chi connectivity index (χ1v) is 5.37. The van der Waals surface area contributed by atoms with Gasteiger partial charge in [0.1, 0.15) is 11.2 Å². The maximum atomic E-state index is 11.7. The van der Waals surface area contributed by atoms with Crippen molar-refractivity contribution in [3.63, 3.8) is 0 Å². The summed E-state index contributed by atoms with van der Waals surface area (Å²) >= 11 is 0. The molecule has 3 heteroatoms. The van der Waals surface area contributed by atoms with Gasteiger partial charge in [-0.05, 0) is 37.5 Å². The van der Waals surface area contributed by atoms with Crippen LogP contribution < -0.4 is 0 Å². The second kappa shape index (κ2) is 3.07. The summed E-state index contributed by atoms with van der Waals surface area (Å²) in [6.07, 6.45) is 3.92. The minimum atomic E-state index is -1.03. The predicted octanol–water partition coefficient (Wildman–Crippen LogP) is 1.86. The highest BCUT2D eigenvalue weighted by molar-refractivity contribution is 6.04. The molecule has 0 aromatic rings. The molecule has 2 aliphatic carbocycles. The first-order valence-electron chi connectivity index (χ1n) is 5.37. The molecule has 0 radical (unpaired) electrons. The van der Waals surface area contributed by atoms with Crippen molar-refractivity contribution in [2.75, 3.05) is 0 Å². The summed E-state index contributed by atoms with van der Waals surface area (Å²) in [7, 11) is 0. The van der Waals surface area contributed by atoms with Gasteiger partial charge in [-0.25, -0.2) is 0 Å². The number of hydrogen-bond donors (Lipinski definition) is 1. The molecule has 0 aliphatic heterocycles. The number of rotatable bonds is 3. The van der Waals surface area contributed by atoms with Gasteiger partial charge in [0.15, 0.2) is 0 Å². The van der Waals surface area contributed by atoms with Crippen LogP contribution in [-0.2, 0) is 9.59 Å². The molecule has 78 valence electrons. The molecule has 0 aromatic carbocycles. The van der Waals surface area contributed by atoms with E-state index in [-0.39, 0.29) is 5.78 Å². The molecule has 2 fully saturated rings. The fraction of sp³-hybridized carbons (Fsp3) is 0.818. The van der Waals surface area contributed by atoms with Crippen molar-refractivity contribution in [2.24, 2.45) is 17.3 Å². The second-order valence-corrected chi connectivity index (χ2v) is 4.67. The average Bonchev–Trinajstić information content (AvgIpc) is 2.91. The number of carbonyl (C=O) groups excluding carboxylic acids is 1. The summed E-state index contributed by atoms with van der Waals surface area (Å²) in [5, 5.41) is 9.13. The zero-order chi connectivity index (χ0) is 10.3. The van der Waals surface area contributed by atoms with Crippen LogP contribution in [-0.4, -0.2) is 16.9 Å². The molecule has 1 N–H and O–H groups in total. The van der Waals surface area contributed by atoms with Gasteiger partial charge in [0, 0.05) is 6.42 Å². The Labute approximate surface area is 83.5 Å². The van der Waals surface area contributed by atoms with Gasteiger partial charge in [-0.1, -0.05) is 6.92 Å². The van der Waals surface area contributed by atoms with Gasteiger partial charge in [0.05, 0.1) is 0 Å². The number of carboxylic acids is 1. The molecule has 0 amide bonds. The summed E-state index contributed by atoms with van der Waals surface area (Å²) in [5.41, 5.74) is -1.03. The first-order chi connectivity index (χ1) is 6.60. The van der Waals surface area contributed by atoms with E-state index < -0.39 is 11.4 Å². The molecule has 2 atom stereocenters. The van der Waals surface area contributed by atoms with E-state index in [4.69, 9.17) is 5.11 Å². The van der Waals surface area contributed by atoms with Crippen molar-refractivity contribution in [3.8, 4) is 0 Å². The van der Waals surface area contributed by atoms with Crippen molar-refractivity contribution < 1.29 is 14.7 Å².